The van der Waals surface area contributed by atoms with Gasteiger partial charge in [0, 0.05) is 11.6 Å². The number of fused-ring (bicyclic) bond motifs is 1. The van der Waals surface area contributed by atoms with Crippen molar-refractivity contribution in [3.05, 3.63) is 36.5 Å². The Kier molecular flexibility index (Phi) is 3.26. The van der Waals surface area contributed by atoms with Gasteiger partial charge in [0.25, 0.3) is 0 Å². The van der Waals surface area contributed by atoms with Crippen molar-refractivity contribution < 1.29 is 21.4 Å². The third kappa shape index (κ3) is 2.77. The Bertz CT molecular complexity index is 678. The number of hydrogen-bond acceptors (Lipinski definition) is 5. The number of halogens is 2. The summed E-state index contributed by atoms with van der Waals surface area (Å²) in [6, 6.07) is 7.38. The number of thiol groups is 1. The molecule has 0 saturated carbocycles. The van der Waals surface area contributed by atoms with Crippen molar-refractivity contribution in [1.29, 1.82) is 0 Å². The van der Waals surface area contributed by atoms with E-state index in [1.165, 1.54) is 12.3 Å². The van der Waals surface area contributed by atoms with Gasteiger partial charge in [-0.2, -0.15) is 21.4 Å². The maximum atomic E-state index is 12.5. The van der Waals surface area contributed by atoms with Crippen LogP contribution in [0.2, 0.25) is 0 Å². The molecule has 0 unspecified atom stereocenters. The largest absolute Gasteiger partial charge is 0.419 e. The Morgan fingerprint density at radius 2 is 1.89 bits per heavy atom. The Labute approximate surface area is 107 Å². The number of nitrogens with zero attached hydrogens (tertiary/aromatic N) is 1. The maximum Gasteiger partial charge on any atom is 0.419 e. The molecule has 1 heterocycles. The molecule has 0 bridgehead atoms. The second kappa shape index (κ2) is 4.45. The molecule has 1 aromatic carbocycles. The van der Waals surface area contributed by atoms with Crippen molar-refractivity contribution in [2.24, 2.45) is 0 Å². The minimum absolute atomic E-state index is 0.0672. The molecule has 1 aromatic heterocycles. The molecule has 96 valence electrons. The van der Waals surface area contributed by atoms with Crippen LogP contribution in [-0.4, -0.2) is 18.8 Å². The van der Waals surface area contributed by atoms with Crippen LogP contribution in [-0.2, 0) is 14.3 Å². The molecule has 0 saturated heterocycles. The Morgan fingerprint density at radius 3 is 2.56 bits per heavy atom. The normalized spacial score (nSPS) is 12.8. The van der Waals surface area contributed by atoms with E-state index in [4.69, 9.17) is 0 Å². The molecular weight excluding hydrogens is 284 g/mol. The second-order valence-electron chi connectivity index (χ2n) is 3.35. The summed E-state index contributed by atoms with van der Waals surface area (Å²) < 4.78 is 52.1. The summed E-state index contributed by atoms with van der Waals surface area (Å²) in [5.41, 5.74) is -4.01. The Balaban J connectivity index is 2.61. The van der Waals surface area contributed by atoms with E-state index in [-0.39, 0.29) is 5.52 Å². The number of alkyl halides is 2. The zero-order chi connectivity index (χ0) is 13.4. The smallest absolute Gasteiger partial charge is 0.255 e. The fourth-order valence-electron chi connectivity index (χ4n) is 1.45. The van der Waals surface area contributed by atoms with E-state index < -0.39 is 20.5 Å². The highest BCUT2D eigenvalue weighted by atomic mass is 32.2. The molecule has 0 aliphatic carbocycles. The second-order valence-corrected chi connectivity index (χ2v) is 5.39. The lowest BCUT2D eigenvalue weighted by Crippen LogP contribution is -2.19. The fourth-order valence-corrected chi connectivity index (χ4v) is 2.76. The number of para-hydroxylation sites is 1. The van der Waals surface area contributed by atoms with Crippen molar-refractivity contribution in [1.82, 2.24) is 4.98 Å². The molecule has 0 radical (unpaired) electrons. The van der Waals surface area contributed by atoms with E-state index in [0.29, 0.717) is 5.39 Å². The van der Waals surface area contributed by atoms with Crippen LogP contribution >= 0.6 is 12.6 Å². The highest BCUT2D eigenvalue weighted by Crippen LogP contribution is 2.29. The zero-order valence-electron chi connectivity index (χ0n) is 8.75. The Morgan fingerprint density at radius 1 is 1.22 bits per heavy atom. The van der Waals surface area contributed by atoms with Crippen LogP contribution in [0.25, 0.3) is 10.9 Å². The van der Waals surface area contributed by atoms with Gasteiger partial charge in [0.2, 0.25) is 0 Å². The molecule has 0 spiro atoms. The van der Waals surface area contributed by atoms with Crippen LogP contribution in [0.1, 0.15) is 0 Å². The lowest BCUT2D eigenvalue weighted by Gasteiger charge is -2.11. The van der Waals surface area contributed by atoms with Gasteiger partial charge in [-0.15, -0.1) is 0 Å². The van der Waals surface area contributed by atoms with Gasteiger partial charge in [0.05, 0.1) is 5.52 Å². The maximum absolute atomic E-state index is 12.5. The van der Waals surface area contributed by atoms with E-state index >= 15 is 0 Å². The first-order chi connectivity index (χ1) is 8.30. The number of aromatic nitrogens is 1. The van der Waals surface area contributed by atoms with Crippen molar-refractivity contribution in [2.75, 3.05) is 0 Å². The van der Waals surface area contributed by atoms with Crippen LogP contribution in [0.3, 0.4) is 0 Å². The summed E-state index contributed by atoms with van der Waals surface area (Å²) >= 11 is 2.74. The van der Waals surface area contributed by atoms with Crippen LogP contribution in [0.15, 0.2) is 41.4 Å². The van der Waals surface area contributed by atoms with E-state index in [9.17, 15) is 17.2 Å². The fraction of sp³-hybridized carbons (Fsp3) is 0.100. The molecule has 8 heteroatoms. The van der Waals surface area contributed by atoms with Gasteiger partial charge < -0.3 is 0 Å². The summed E-state index contributed by atoms with van der Waals surface area (Å²) in [6.45, 7) is 0. The van der Waals surface area contributed by atoms with Crippen molar-refractivity contribution in [3.63, 3.8) is 0 Å². The van der Waals surface area contributed by atoms with Crippen LogP contribution in [0, 0.1) is 0 Å². The van der Waals surface area contributed by atoms with Crippen molar-refractivity contribution >= 4 is 33.6 Å². The van der Waals surface area contributed by atoms with Gasteiger partial charge in [-0.05, 0) is 12.1 Å². The molecule has 0 amide bonds. The first kappa shape index (κ1) is 13.2. The van der Waals surface area contributed by atoms with Gasteiger partial charge in [-0.1, -0.05) is 30.8 Å². The lowest BCUT2D eigenvalue weighted by atomic mass is 10.2. The van der Waals surface area contributed by atoms with E-state index in [2.05, 4.69) is 21.8 Å². The summed E-state index contributed by atoms with van der Waals surface area (Å²) in [5.74, 6) is 0. The molecular formula is C10H7F2NO3S2. The zero-order valence-corrected chi connectivity index (χ0v) is 10.5. The number of benzene rings is 1. The molecule has 4 nitrogen and oxygen atoms in total. The standard InChI is InChI=1S/C10H7F2NO3S2/c11-10(12,17)16-18(14,15)8-5-1-3-7-4-2-6-13-9(7)8/h1-6,17H. The molecule has 2 rings (SSSR count). The van der Waals surface area contributed by atoms with E-state index in [1.54, 1.807) is 18.2 Å². The average Bonchev–Trinajstić information content (AvgIpc) is 2.25. The molecule has 0 fully saturated rings. The summed E-state index contributed by atoms with van der Waals surface area (Å²) in [5, 5.41) is 0.504. The van der Waals surface area contributed by atoms with Gasteiger partial charge in [0.15, 0.2) is 0 Å². The third-order valence-electron chi connectivity index (χ3n) is 2.08. The lowest BCUT2D eigenvalue weighted by molar-refractivity contribution is -0.0806. The van der Waals surface area contributed by atoms with Gasteiger partial charge in [-0.25, -0.2) is 0 Å². The number of pyridine rings is 1. The van der Waals surface area contributed by atoms with Crippen LogP contribution < -0.4 is 0 Å². The van der Waals surface area contributed by atoms with Crippen molar-refractivity contribution in [2.45, 2.75) is 10.3 Å². The minimum atomic E-state index is -4.63. The van der Waals surface area contributed by atoms with Crippen LogP contribution in [0.4, 0.5) is 8.78 Å². The molecule has 18 heavy (non-hydrogen) atoms. The molecule has 0 atom stereocenters. The van der Waals surface area contributed by atoms with Gasteiger partial charge in [0.1, 0.15) is 4.90 Å². The SMILES string of the molecule is O=S(=O)(OC(F)(F)S)c1cccc2cccnc12. The monoisotopic (exact) mass is 291 g/mol. The minimum Gasteiger partial charge on any atom is -0.255 e. The predicted octanol–water partition coefficient (Wildman–Crippen LogP) is 2.42. The first-order valence-corrected chi connectivity index (χ1v) is 6.55. The Hall–Kier alpha value is -1.25. The topological polar surface area (TPSA) is 56.3 Å². The molecule has 0 aliphatic heterocycles. The average molecular weight is 291 g/mol. The van der Waals surface area contributed by atoms with Crippen molar-refractivity contribution in [3.8, 4) is 0 Å². The van der Waals surface area contributed by atoms with E-state index in [1.807, 2.05) is 0 Å². The van der Waals surface area contributed by atoms with Crippen LogP contribution in [0.5, 0.6) is 0 Å². The molecule has 2 aromatic rings. The van der Waals surface area contributed by atoms with E-state index in [0.717, 1.165) is 6.07 Å². The highest BCUT2D eigenvalue weighted by molar-refractivity contribution is 7.88. The third-order valence-corrected chi connectivity index (χ3v) is 3.59. The van der Waals surface area contributed by atoms with Gasteiger partial charge >= 0.3 is 15.6 Å². The predicted molar refractivity (Wildman–Crippen MR) is 63.9 cm³/mol. The molecule has 0 N–H and O–H groups in total. The summed E-state index contributed by atoms with van der Waals surface area (Å²) in [6.07, 6.45) is 1.36. The quantitative estimate of drug-likeness (QED) is 0.536. The first-order valence-electron chi connectivity index (χ1n) is 4.69. The summed E-state index contributed by atoms with van der Waals surface area (Å²) in [4.78, 5) is 3.43. The van der Waals surface area contributed by atoms with Gasteiger partial charge in [-0.3, -0.25) is 4.98 Å². The molecule has 0 aliphatic rings. The number of rotatable bonds is 3. The summed E-state index contributed by atoms with van der Waals surface area (Å²) in [7, 11) is -4.63. The highest BCUT2D eigenvalue weighted by Gasteiger charge is 2.34. The number of hydrogen-bond donors (Lipinski definition) is 1.